The molecule has 18 heavy (non-hydrogen) atoms. The Morgan fingerprint density at radius 2 is 2.00 bits per heavy atom. The third kappa shape index (κ3) is 5.51. The molecule has 1 aromatic heterocycles. The molecule has 1 saturated heterocycles. The first-order valence-electron chi connectivity index (χ1n) is 5.36. The summed E-state index contributed by atoms with van der Waals surface area (Å²) in [6.45, 7) is 5.31. The third-order valence-electron chi connectivity index (χ3n) is 2.83. The Morgan fingerprint density at radius 1 is 1.28 bits per heavy atom. The van der Waals surface area contributed by atoms with Gasteiger partial charge in [-0.05, 0) is 19.5 Å². The van der Waals surface area contributed by atoms with E-state index in [4.69, 9.17) is 11.6 Å². The van der Waals surface area contributed by atoms with Crippen LogP contribution < -0.4 is 5.32 Å². The number of aromatic nitrogens is 2. The Kier molecular flexibility index (Phi) is 11.6. The van der Waals surface area contributed by atoms with Crippen LogP contribution in [0.2, 0.25) is 5.15 Å². The van der Waals surface area contributed by atoms with Crippen LogP contribution >= 0.6 is 48.8 Å². The molecule has 0 radical (unpaired) electrons. The molecule has 0 atom stereocenters. The molecule has 2 heterocycles. The average Bonchev–Trinajstić information content (AvgIpc) is 2.50. The maximum atomic E-state index is 5.95. The van der Waals surface area contributed by atoms with Crippen LogP contribution in [-0.4, -0.2) is 40.6 Å². The predicted molar refractivity (Wildman–Crippen MR) is 82.7 cm³/mol. The molecule has 0 spiro atoms. The second-order valence-electron chi connectivity index (χ2n) is 3.94. The van der Waals surface area contributed by atoms with Gasteiger partial charge in [-0.3, -0.25) is 4.90 Å². The van der Waals surface area contributed by atoms with Crippen LogP contribution in [0.5, 0.6) is 0 Å². The van der Waals surface area contributed by atoms with Gasteiger partial charge in [0.15, 0.2) is 0 Å². The molecule has 0 unspecified atom stereocenters. The zero-order valence-electron chi connectivity index (χ0n) is 10.3. The summed E-state index contributed by atoms with van der Waals surface area (Å²) in [4.78, 5) is 6.72. The molecule has 0 aliphatic carbocycles. The van der Waals surface area contributed by atoms with Crippen molar-refractivity contribution in [2.45, 2.75) is 13.0 Å². The van der Waals surface area contributed by atoms with E-state index in [-0.39, 0.29) is 37.2 Å². The van der Waals surface area contributed by atoms with Gasteiger partial charge in [0.05, 0.1) is 12.7 Å². The highest BCUT2D eigenvalue weighted by Crippen LogP contribution is 2.11. The van der Waals surface area contributed by atoms with E-state index in [0.29, 0.717) is 5.15 Å². The minimum atomic E-state index is 0. The van der Waals surface area contributed by atoms with E-state index in [1.807, 2.05) is 11.6 Å². The lowest BCUT2D eigenvalue weighted by atomic mass is 10.4. The predicted octanol–water partition coefficient (Wildman–Crippen LogP) is 2.13. The topological polar surface area (TPSA) is 33.1 Å². The van der Waals surface area contributed by atoms with Gasteiger partial charge in [0, 0.05) is 20.1 Å². The largest absolute Gasteiger partial charge is 0.321 e. The second-order valence-corrected chi connectivity index (χ2v) is 4.32. The molecule has 2 rings (SSSR count). The summed E-state index contributed by atoms with van der Waals surface area (Å²) < 4.78 is 1.94. The van der Waals surface area contributed by atoms with Gasteiger partial charge in [-0.25, -0.2) is 4.98 Å². The second kappa shape index (κ2) is 10.1. The fourth-order valence-electron chi connectivity index (χ4n) is 1.83. The number of nitrogens with one attached hydrogen (secondary N) is 1. The fraction of sp³-hybridized carbons (Fsp3) is 0.700. The molecule has 0 saturated carbocycles. The molecule has 1 N–H and O–H groups in total. The van der Waals surface area contributed by atoms with E-state index in [0.717, 1.165) is 38.5 Å². The highest BCUT2D eigenvalue weighted by molar-refractivity contribution is 6.29. The first kappa shape index (κ1) is 20.6. The van der Waals surface area contributed by atoms with Crippen molar-refractivity contribution in [2.24, 2.45) is 7.05 Å². The zero-order chi connectivity index (χ0) is 10.7. The van der Waals surface area contributed by atoms with Crippen LogP contribution in [0.3, 0.4) is 0 Å². The number of hydrogen-bond donors (Lipinski definition) is 1. The van der Waals surface area contributed by atoms with E-state index < -0.39 is 0 Å². The van der Waals surface area contributed by atoms with Gasteiger partial charge in [-0.2, -0.15) is 0 Å². The lowest BCUT2D eigenvalue weighted by Crippen LogP contribution is -2.28. The number of imidazole rings is 1. The molecule has 1 aliphatic heterocycles. The first-order valence-corrected chi connectivity index (χ1v) is 5.74. The summed E-state index contributed by atoms with van der Waals surface area (Å²) in [6.07, 6.45) is 2.92. The maximum absolute atomic E-state index is 5.95. The molecule has 0 aromatic carbocycles. The van der Waals surface area contributed by atoms with Gasteiger partial charge < -0.3 is 9.88 Å². The summed E-state index contributed by atoms with van der Waals surface area (Å²) in [5.74, 6) is 1.04. The lowest BCUT2D eigenvalue weighted by Gasteiger charge is -2.18. The van der Waals surface area contributed by atoms with Crippen molar-refractivity contribution in [3.63, 3.8) is 0 Å². The molecule has 1 fully saturated rings. The van der Waals surface area contributed by atoms with E-state index >= 15 is 0 Å². The zero-order valence-corrected chi connectivity index (χ0v) is 13.5. The molecular formula is C10H20Cl4N4. The fourth-order valence-corrected chi connectivity index (χ4v) is 1.98. The summed E-state index contributed by atoms with van der Waals surface area (Å²) in [5, 5.41) is 4.09. The van der Waals surface area contributed by atoms with Gasteiger partial charge >= 0.3 is 0 Å². The Hall–Kier alpha value is 0.290. The minimum Gasteiger partial charge on any atom is -0.321 e. The molecule has 1 aromatic rings. The maximum Gasteiger partial charge on any atom is 0.128 e. The van der Waals surface area contributed by atoms with Gasteiger partial charge in [0.1, 0.15) is 11.0 Å². The van der Waals surface area contributed by atoms with Crippen molar-refractivity contribution in [1.82, 2.24) is 19.8 Å². The van der Waals surface area contributed by atoms with Crippen molar-refractivity contribution in [2.75, 3.05) is 26.2 Å². The van der Waals surface area contributed by atoms with Crippen molar-refractivity contribution in [3.8, 4) is 0 Å². The highest BCUT2D eigenvalue weighted by Gasteiger charge is 2.12. The van der Waals surface area contributed by atoms with E-state index in [1.54, 1.807) is 6.20 Å². The van der Waals surface area contributed by atoms with E-state index in [2.05, 4.69) is 15.2 Å². The molecule has 108 valence electrons. The van der Waals surface area contributed by atoms with Crippen molar-refractivity contribution in [3.05, 3.63) is 17.2 Å². The number of hydrogen-bond acceptors (Lipinski definition) is 3. The molecule has 1 aliphatic rings. The highest BCUT2D eigenvalue weighted by atomic mass is 35.5. The summed E-state index contributed by atoms with van der Waals surface area (Å²) >= 11 is 5.95. The van der Waals surface area contributed by atoms with Gasteiger partial charge in [0.25, 0.3) is 0 Å². The molecular weight excluding hydrogens is 318 g/mol. The summed E-state index contributed by atoms with van der Waals surface area (Å²) in [7, 11) is 1.96. The average molecular weight is 338 g/mol. The van der Waals surface area contributed by atoms with Gasteiger partial charge in [0.2, 0.25) is 0 Å². The quantitative estimate of drug-likeness (QED) is 0.897. The summed E-state index contributed by atoms with van der Waals surface area (Å²) in [6, 6.07) is 0. The van der Waals surface area contributed by atoms with Crippen LogP contribution in [-0.2, 0) is 13.6 Å². The van der Waals surface area contributed by atoms with Crippen molar-refractivity contribution < 1.29 is 0 Å². The summed E-state index contributed by atoms with van der Waals surface area (Å²) in [5.41, 5.74) is 0. The van der Waals surface area contributed by atoms with E-state index in [9.17, 15) is 0 Å². The number of halogens is 4. The minimum absolute atomic E-state index is 0. The van der Waals surface area contributed by atoms with Gasteiger partial charge in [-0.15, -0.1) is 37.2 Å². The van der Waals surface area contributed by atoms with Crippen LogP contribution in [0.15, 0.2) is 6.20 Å². The van der Waals surface area contributed by atoms with Crippen LogP contribution in [0.4, 0.5) is 0 Å². The number of nitrogens with zero attached hydrogens (tertiary/aromatic N) is 3. The van der Waals surface area contributed by atoms with Crippen LogP contribution in [0.1, 0.15) is 12.2 Å². The Labute approximate surface area is 132 Å². The molecule has 4 nitrogen and oxygen atoms in total. The van der Waals surface area contributed by atoms with Crippen LogP contribution in [0.25, 0.3) is 0 Å². The van der Waals surface area contributed by atoms with Crippen molar-refractivity contribution >= 4 is 48.8 Å². The molecule has 0 amide bonds. The monoisotopic (exact) mass is 336 g/mol. The third-order valence-corrected chi connectivity index (χ3v) is 3.18. The Bertz CT molecular complexity index is 324. The SMILES string of the molecule is Cl.Cl.Cl.Cn1c(Cl)cnc1CN1CCCNCC1. The first-order chi connectivity index (χ1) is 7.27. The Morgan fingerprint density at radius 3 is 2.61 bits per heavy atom. The number of rotatable bonds is 2. The molecule has 8 heteroatoms. The molecule has 0 bridgehead atoms. The standard InChI is InChI=1S/C10H17ClN4.3ClH/c1-14-9(11)7-13-10(14)8-15-5-2-3-12-4-6-15;;;/h7,12H,2-6,8H2,1H3;3*1H. The van der Waals surface area contributed by atoms with Crippen molar-refractivity contribution in [1.29, 1.82) is 0 Å². The van der Waals surface area contributed by atoms with E-state index in [1.165, 1.54) is 6.42 Å². The van der Waals surface area contributed by atoms with Crippen LogP contribution in [0, 0.1) is 0 Å². The normalized spacial score (nSPS) is 15.9. The van der Waals surface area contributed by atoms with Gasteiger partial charge in [-0.1, -0.05) is 11.6 Å². The Balaban J connectivity index is 0. The smallest absolute Gasteiger partial charge is 0.128 e. The lowest BCUT2D eigenvalue weighted by molar-refractivity contribution is 0.274.